The maximum atomic E-state index is 10.9. The monoisotopic (exact) mass is 260 g/mol. The molecule has 0 aliphatic rings. The van der Waals surface area contributed by atoms with E-state index in [0.29, 0.717) is 12.3 Å². The van der Waals surface area contributed by atoms with Crippen LogP contribution in [0.5, 0.6) is 0 Å². The normalized spacial score (nSPS) is 10.1. The summed E-state index contributed by atoms with van der Waals surface area (Å²) in [4.78, 5) is 10.9. The third kappa shape index (κ3) is 3.12. The van der Waals surface area contributed by atoms with Gasteiger partial charge in [0.25, 0.3) is 0 Å². The predicted molar refractivity (Wildman–Crippen MR) is 58.1 cm³/mol. The molecule has 70 valence electrons. The lowest BCUT2D eigenvalue weighted by molar-refractivity contribution is -0.116. The topological polar surface area (TPSA) is 17.1 Å². The Labute approximate surface area is 91.2 Å². The Morgan fingerprint density at radius 1 is 1.54 bits per heavy atom. The number of ketones is 1. The van der Waals surface area contributed by atoms with E-state index < -0.39 is 0 Å². The maximum absolute atomic E-state index is 10.9. The number of hydrogen-bond acceptors (Lipinski definition) is 1. The van der Waals surface area contributed by atoms with Crippen LogP contribution in [0.25, 0.3) is 0 Å². The molecule has 0 spiro atoms. The molecular weight excluding hydrogens is 251 g/mol. The molecule has 0 saturated heterocycles. The molecule has 0 radical (unpaired) electrons. The van der Waals surface area contributed by atoms with E-state index in [0.717, 1.165) is 15.6 Å². The summed E-state index contributed by atoms with van der Waals surface area (Å²) in [5.74, 6) is 0.644. The van der Waals surface area contributed by atoms with Crippen LogP contribution < -0.4 is 0 Å². The van der Waals surface area contributed by atoms with Gasteiger partial charge in [-0.3, -0.25) is 4.79 Å². The van der Waals surface area contributed by atoms with E-state index in [1.165, 1.54) is 0 Å². The molecule has 1 nitrogen and oxygen atoms in total. The molecule has 13 heavy (non-hydrogen) atoms. The summed E-state index contributed by atoms with van der Waals surface area (Å²) in [6, 6.07) is 5.83. The van der Waals surface area contributed by atoms with Crippen LogP contribution in [-0.4, -0.2) is 5.78 Å². The van der Waals surface area contributed by atoms with Crippen molar-refractivity contribution < 1.29 is 4.79 Å². The first-order chi connectivity index (χ1) is 6.13. The zero-order chi connectivity index (χ0) is 9.84. The molecule has 3 heteroatoms. The first-order valence-electron chi connectivity index (χ1n) is 3.96. The number of alkyl halides is 1. The summed E-state index contributed by atoms with van der Waals surface area (Å²) in [5, 5.41) is 0. The van der Waals surface area contributed by atoms with Gasteiger partial charge in [0.2, 0.25) is 0 Å². The van der Waals surface area contributed by atoms with Gasteiger partial charge in [0.15, 0.2) is 0 Å². The molecule has 0 heterocycles. The average molecular weight is 262 g/mol. The van der Waals surface area contributed by atoms with Crippen LogP contribution in [0, 0.1) is 0 Å². The van der Waals surface area contributed by atoms with Gasteiger partial charge in [-0.05, 0) is 24.1 Å². The van der Waals surface area contributed by atoms with Gasteiger partial charge in [-0.15, -0.1) is 11.6 Å². The Bertz CT molecular complexity index is 323. The molecule has 1 aromatic rings. The second-order valence-electron chi connectivity index (χ2n) is 2.94. The Morgan fingerprint density at radius 3 is 2.77 bits per heavy atom. The lowest BCUT2D eigenvalue weighted by atomic mass is 10.1. The van der Waals surface area contributed by atoms with Crippen molar-refractivity contribution in [2.75, 3.05) is 0 Å². The van der Waals surface area contributed by atoms with Gasteiger partial charge >= 0.3 is 0 Å². The summed E-state index contributed by atoms with van der Waals surface area (Å²) in [7, 11) is 0. The number of carbonyl (C=O) groups is 1. The van der Waals surface area contributed by atoms with Crippen LogP contribution in [-0.2, 0) is 17.1 Å². The number of halogens is 2. The minimum Gasteiger partial charge on any atom is -0.300 e. The molecule has 0 aliphatic heterocycles. The van der Waals surface area contributed by atoms with Gasteiger partial charge in [-0.1, -0.05) is 28.1 Å². The van der Waals surface area contributed by atoms with E-state index in [-0.39, 0.29) is 5.78 Å². The molecule has 0 N–H and O–H groups in total. The van der Waals surface area contributed by atoms with Crippen molar-refractivity contribution in [1.29, 1.82) is 0 Å². The Balaban J connectivity index is 2.96. The second kappa shape index (κ2) is 4.77. The number of Topliss-reactive ketones (excluding diaryl/α,β-unsaturated/α-hetero) is 1. The SMILES string of the molecule is CC(=O)Cc1cc(CCl)ccc1Br. The quantitative estimate of drug-likeness (QED) is 0.763. The molecule has 0 amide bonds. The highest BCUT2D eigenvalue weighted by atomic mass is 79.9. The predicted octanol–water partition coefficient (Wildman–Crippen LogP) is 3.32. The van der Waals surface area contributed by atoms with Gasteiger partial charge in [0, 0.05) is 16.8 Å². The standard InChI is InChI=1S/C10H10BrClO/c1-7(13)4-9-5-8(6-12)2-3-10(9)11/h2-3,5H,4,6H2,1H3. The third-order valence-electron chi connectivity index (χ3n) is 1.70. The molecule has 0 unspecified atom stereocenters. The summed E-state index contributed by atoms with van der Waals surface area (Å²) in [6.45, 7) is 1.58. The van der Waals surface area contributed by atoms with Crippen molar-refractivity contribution in [2.24, 2.45) is 0 Å². The van der Waals surface area contributed by atoms with Gasteiger partial charge in [-0.2, -0.15) is 0 Å². The van der Waals surface area contributed by atoms with E-state index in [9.17, 15) is 4.79 Å². The average Bonchev–Trinajstić information content (AvgIpc) is 2.08. The van der Waals surface area contributed by atoms with E-state index in [2.05, 4.69) is 15.9 Å². The fourth-order valence-electron chi connectivity index (χ4n) is 1.11. The first kappa shape index (κ1) is 10.7. The zero-order valence-electron chi connectivity index (χ0n) is 7.31. The number of carbonyl (C=O) groups excluding carboxylic acids is 1. The molecule has 1 aromatic carbocycles. The molecule has 0 atom stereocenters. The highest BCUT2D eigenvalue weighted by Gasteiger charge is 2.03. The fourth-order valence-corrected chi connectivity index (χ4v) is 1.67. The molecule has 0 aromatic heterocycles. The van der Waals surface area contributed by atoms with Gasteiger partial charge in [0.05, 0.1) is 0 Å². The van der Waals surface area contributed by atoms with Gasteiger partial charge in [0.1, 0.15) is 5.78 Å². The first-order valence-corrected chi connectivity index (χ1v) is 5.29. The van der Waals surface area contributed by atoms with E-state index >= 15 is 0 Å². The number of hydrogen-bond donors (Lipinski definition) is 0. The van der Waals surface area contributed by atoms with Crippen LogP contribution >= 0.6 is 27.5 Å². The molecule has 0 saturated carbocycles. The van der Waals surface area contributed by atoms with Crippen LogP contribution in [0.2, 0.25) is 0 Å². The molecule has 0 aliphatic carbocycles. The second-order valence-corrected chi connectivity index (χ2v) is 4.06. The van der Waals surface area contributed by atoms with E-state index in [4.69, 9.17) is 11.6 Å². The van der Waals surface area contributed by atoms with Crippen LogP contribution in [0.3, 0.4) is 0 Å². The minimum absolute atomic E-state index is 0.160. The zero-order valence-corrected chi connectivity index (χ0v) is 9.65. The van der Waals surface area contributed by atoms with Crippen LogP contribution in [0.15, 0.2) is 22.7 Å². The molecular formula is C10H10BrClO. The number of rotatable bonds is 3. The Morgan fingerprint density at radius 2 is 2.23 bits per heavy atom. The number of benzene rings is 1. The van der Waals surface area contributed by atoms with Gasteiger partial charge < -0.3 is 0 Å². The summed E-state index contributed by atoms with van der Waals surface area (Å²) in [6.07, 6.45) is 0.464. The van der Waals surface area contributed by atoms with Gasteiger partial charge in [-0.25, -0.2) is 0 Å². The maximum Gasteiger partial charge on any atom is 0.134 e. The third-order valence-corrected chi connectivity index (χ3v) is 2.79. The lowest BCUT2D eigenvalue weighted by Crippen LogP contribution is -1.97. The Kier molecular flexibility index (Phi) is 3.94. The molecule has 1 rings (SSSR count). The van der Waals surface area contributed by atoms with Crippen molar-refractivity contribution >= 4 is 33.3 Å². The highest BCUT2D eigenvalue weighted by Crippen LogP contribution is 2.20. The Hall–Kier alpha value is -0.340. The van der Waals surface area contributed by atoms with Crippen molar-refractivity contribution in [3.63, 3.8) is 0 Å². The van der Waals surface area contributed by atoms with Crippen molar-refractivity contribution in [2.45, 2.75) is 19.2 Å². The molecule has 0 bridgehead atoms. The van der Waals surface area contributed by atoms with Crippen molar-refractivity contribution in [3.05, 3.63) is 33.8 Å². The summed E-state index contributed by atoms with van der Waals surface area (Å²) >= 11 is 9.08. The highest BCUT2D eigenvalue weighted by molar-refractivity contribution is 9.10. The van der Waals surface area contributed by atoms with Crippen molar-refractivity contribution in [1.82, 2.24) is 0 Å². The molecule has 0 fully saturated rings. The summed E-state index contributed by atoms with van der Waals surface area (Å²) < 4.78 is 0.969. The minimum atomic E-state index is 0.160. The van der Waals surface area contributed by atoms with E-state index in [1.54, 1.807) is 6.92 Å². The lowest BCUT2D eigenvalue weighted by Gasteiger charge is -2.03. The van der Waals surface area contributed by atoms with Crippen LogP contribution in [0.4, 0.5) is 0 Å². The van der Waals surface area contributed by atoms with Crippen molar-refractivity contribution in [3.8, 4) is 0 Å². The van der Waals surface area contributed by atoms with E-state index in [1.807, 2.05) is 18.2 Å². The largest absolute Gasteiger partial charge is 0.300 e. The van der Waals surface area contributed by atoms with Crippen LogP contribution in [0.1, 0.15) is 18.1 Å². The summed E-state index contributed by atoms with van der Waals surface area (Å²) in [5.41, 5.74) is 2.05. The fraction of sp³-hybridized carbons (Fsp3) is 0.300. The smallest absolute Gasteiger partial charge is 0.134 e.